The van der Waals surface area contributed by atoms with Gasteiger partial charge in [0.2, 0.25) is 0 Å². The smallest absolute Gasteiger partial charge is 0.265 e. The van der Waals surface area contributed by atoms with Crippen LogP contribution in [0.3, 0.4) is 0 Å². The number of nitrogens with zero attached hydrogens (tertiary/aromatic N) is 5. The SMILES string of the molecule is O=S(=O)(Nc1cccc(-n2cnnn2)c1)c1cn[nH]c1. The molecule has 0 unspecified atom stereocenters. The summed E-state index contributed by atoms with van der Waals surface area (Å²) in [4.78, 5) is 0.0605. The maximum atomic E-state index is 12.0. The number of nitrogens with one attached hydrogen (secondary N) is 2. The predicted molar refractivity (Wildman–Crippen MR) is 68.6 cm³/mol. The lowest BCUT2D eigenvalue weighted by Gasteiger charge is -2.07. The first-order valence-corrected chi connectivity index (χ1v) is 6.98. The van der Waals surface area contributed by atoms with Crippen molar-refractivity contribution in [3.05, 3.63) is 43.0 Å². The van der Waals surface area contributed by atoms with Crippen LogP contribution in [0, 0.1) is 0 Å². The van der Waals surface area contributed by atoms with Crippen LogP contribution in [0.25, 0.3) is 5.69 Å². The van der Waals surface area contributed by atoms with Crippen molar-refractivity contribution >= 4 is 15.7 Å². The molecule has 0 aliphatic carbocycles. The van der Waals surface area contributed by atoms with Crippen LogP contribution in [0.2, 0.25) is 0 Å². The van der Waals surface area contributed by atoms with Gasteiger partial charge in [0.15, 0.2) is 0 Å². The standard InChI is InChI=1S/C10H9N7O2S/c18-20(19,10-5-11-12-6-10)14-8-2-1-3-9(4-8)17-7-13-15-16-17/h1-7,14H,(H,11,12). The molecule has 0 atom stereocenters. The van der Waals surface area contributed by atoms with Gasteiger partial charge >= 0.3 is 0 Å². The molecule has 2 N–H and O–H groups in total. The number of hydrogen-bond donors (Lipinski definition) is 2. The Morgan fingerprint density at radius 3 is 2.90 bits per heavy atom. The molecule has 0 bridgehead atoms. The molecule has 0 fully saturated rings. The maximum Gasteiger partial charge on any atom is 0.265 e. The largest absolute Gasteiger partial charge is 0.284 e. The number of H-pyrrole nitrogens is 1. The molecule has 0 amide bonds. The Morgan fingerprint density at radius 2 is 2.20 bits per heavy atom. The molecular formula is C10H9N7O2S. The highest BCUT2D eigenvalue weighted by atomic mass is 32.2. The van der Waals surface area contributed by atoms with E-state index in [0.29, 0.717) is 11.4 Å². The van der Waals surface area contributed by atoms with Crippen LogP contribution in [0.15, 0.2) is 47.9 Å². The van der Waals surface area contributed by atoms with Crippen LogP contribution < -0.4 is 4.72 Å². The number of hydrogen-bond acceptors (Lipinski definition) is 6. The zero-order valence-electron chi connectivity index (χ0n) is 10.0. The molecule has 102 valence electrons. The Labute approximate surface area is 113 Å². The third kappa shape index (κ3) is 2.36. The second-order valence-corrected chi connectivity index (χ2v) is 5.53. The Morgan fingerprint density at radius 1 is 1.30 bits per heavy atom. The summed E-state index contributed by atoms with van der Waals surface area (Å²) in [6.45, 7) is 0. The molecule has 3 aromatic rings. The van der Waals surface area contributed by atoms with Gasteiger partial charge in [-0.15, -0.1) is 5.10 Å². The zero-order chi connectivity index (χ0) is 14.0. The van der Waals surface area contributed by atoms with Crippen LogP contribution in [-0.2, 0) is 10.0 Å². The van der Waals surface area contributed by atoms with Gasteiger partial charge in [0.1, 0.15) is 11.2 Å². The van der Waals surface area contributed by atoms with Gasteiger partial charge in [0.05, 0.1) is 17.6 Å². The van der Waals surface area contributed by atoms with Gasteiger partial charge in [-0.05, 0) is 28.6 Å². The Hall–Kier alpha value is -2.75. The van der Waals surface area contributed by atoms with Crippen LogP contribution in [0.4, 0.5) is 5.69 Å². The molecule has 0 saturated carbocycles. The molecule has 0 saturated heterocycles. The summed E-state index contributed by atoms with van der Waals surface area (Å²) >= 11 is 0. The molecule has 1 aromatic carbocycles. The van der Waals surface area contributed by atoms with Crippen molar-refractivity contribution in [1.82, 2.24) is 30.4 Å². The normalized spacial score (nSPS) is 11.4. The summed E-state index contributed by atoms with van der Waals surface area (Å²) in [7, 11) is -3.66. The first kappa shape index (κ1) is 12.3. The predicted octanol–water partition coefficient (Wildman–Crippen LogP) is 0.186. The van der Waals surface area contributed by atoms with Crippen LogP contribution >= 0.6 is 0 Å². The van der Waals surface area contributed by atoms with Crippen molar-refractivity contribution in [1.29, 1.82) is 0 Å². The molecule has 20 heavy (non-hydrogen) atoms. The van der Waals surface area contributed by atoms with Crippen LogP contribution in [0.5, 0.6) is 0 Å². The summed E-state index contributed by atoms with van der Waals surface area (Å²) in [6, 6.07) is 6.70. The molecule has 2 heterocycles. The Balaban J connectivity index is 1.91. The fourth-order valence-electron chi connectivity index (χ4n) is 1.59. The van der Waals surface area contributed by atoms with E-state index in [1.54, 1.807) is 24.3 Å². The summed E-state index contributed by atoms with van der Waals surface area (Å²) in [5, 5.41) is 16.9. The van der Waals surface area contributed by atoms with Gasteiger partial charge in [0, 0.05) is 6.20 Å². The summed E-state index contributed by atoms with van der Waals surface area (Å²) in [6.07, 6.45) is 3.95. The minimum atomic E-state index is -3.66. The summed E-state index contributed by atoms with van der Waals surface area (Å²) in [5.74, 6) is 0. The number of aromatic amines is 1. The van der Waals surface area contributed by atoms with Gasteiger partial charge in [0.25, 0.3) is 10.0 Å². The molecule has 2 aromatic heterocycles. The van der Waals surface area contributed by atoms with Crippen molar-refractivity contribution in [2.75, 3.05) is 4.72 Å². The number of sulfonamides is 1. The average Bonchev–Trinajstić information content (AvgIpc) is 3.12. The van der Waals surface area contributed by atoms with Gasteiger partial charge in [-0.25, -0.2) is 13.1 Å². The summed E-state index contributed by atoms with van der Waals surface area (Å²) < 4.78 is 28.0. The molecule has 10 heteroatoms. The highest BCUT2D eigenvalue weighted by molar-refractivity contribution is 7.92. The fraction of sp³-hybridized carbons (Fsp3) is 0. The van der Waals surface area contributed by atoms with Crippen molar-refractivity contribution in [2.24, 2.45) is 0 Å². The van der Waals surface area contributed by atoms with E-state index in [1.807, 2.05) is 0 Å². The van der Waals surface area contributed by atoms with Crippen LogP contribution in [-0.4, -0.2) is 38.8 Å². The minimum absolute atomic E-state index is 0.0605. The lowest BCUT2D eigenvalue weighted by Crippen LogP contribution is -2.12. The Kier molecular flexibility index (Phi) is 2.91. The van der Waals surface area contributed by atoms with E-state index < -0.39 is 10.0 Å². The highest BCUT2D eigenvalue weighted by Gasteiger charge is 2.15. The lowest BCUT2D eigenvalue weighted by molar-refractivity contribution is 0.601. The Bertz CT molecular complexity index is 796. The maximum absolute atomic E-state index is 12.0. The first-order valence-electron chi connectivity index (χ1n) is 5.50. The molecule has 9 nitrogen and oxygen atoms in total. The van der Waals surface area contributed by atoms with Gasteiger partial charge in [-0.3, -0.25) is 9.82 Å². The van der Waals surface area contributed by atoms with E-state index in [4.69, 9.17) is 0 Å². The van der Waals surface area contributed by atoms with Crippen molar-refractivity contribution in [3.63, 3.8) is 0 Å². The first-order chi connectivity index (χ1) is 9.65. The highest BCUT2D eigenvalue weighted by Crippen LogP contribution is 2.17. The quantitative estimate of drug-likeness (QED) is 0.708. The third-order valence-electron chi connectivity index (χ3n) is 2.50. The second-order valence-electron chi connectivity index (χ2n) is 3.84. The van der Waals surface area contributed by atoms with Crippen molar-refractivity contribution < 1.29 is 8.42 Å². The monoisotopic (exact) mass is 291 g/mol. The lowest BCUT2D eigenvalue weighted by atomic mass is 10.3. The van der Waals surface area contributed by atoms with E-state index in [-0.39, 0.29) is 4.90 Å². The fourth-order valence-corrected chi connectivity index (χ4v) is 2.55. The van der Waals surface area contributed by atoms with E-state index >= 15 is 0 Å². The number of benzene rings is 1. The molecular weight excluding hydrogens is 282 g/mol. The van der Waals surface area contributed by atoms with Gasteiger partial charge in [-0.1, -0.05) is 6.07 Å². The molecule has 0 radical (unpaired) electrons. The number of rotatable bonds is 4. The van der Waals surface area contributed by atoms with Gasteiger partial charge in [-0.2, -0.15) is 5.10 Å². The second kappa shape index (κ2) is 4.74. The van der Waals surface area contributed by atoms with Crippen molar-refractivity contribution in [2.45, 2.75) is 4.90 Å². The topological polar surface area (TPSA) is 118 Å². The average molecular weight is 291 g/mol. The van der Waals surface area contributed by atoms with Crippen molar-refractivity contribution in [3.8, 4) is 5.69 Å². The minimum Gasteiger partial charge on any atom is -0.284 e. The zero-order valence-corrected chi connectivity index (χ0v) is 10.8. The number of anilines is 1. The van der Waals surface area contributed by atoms with Crippen LogP contribution in [0.1, 0.15) is 0 Å². The third-order valence-corrected chi connectivity index (χ3v) is 3.84. The van der Waals surface area contributed by atoms with Gasteiger partial charge < -0.3 is 0 Å². The van der Waals surface area contributed by atoms with E-state index in [1.165, 1.54) is 23.4 Å². The molecule has 0 spiro atoms. The molecule has 0 aliphatic rings. The number of tetrazole rings is 1. The molecule has 0 aliphatic heterocycles. The van der Waals surface area contributed by atoms with E-state index in [0.717, 1.165) is 0 Å². The van der Waals surface area contributed by atoms with E-state index in [2.05, 4.69) is 30.4 Å². The number of aromatic nitrogens is 6. The summed E-state index contributed by atoms with van der Waals surface area (Å²) in [5.41, 5.74) is 1.04. The van der Waals surface area contributed by atoms with E-state index in [9.17, 15) is 8.42 Å². The molecule has 3 rings (SSSR count).